The normalized spacial score (nSPS) is 10.0. The van der Waals surface area contributed by atoms with Crippen LogP contribution in [-0.2, 0) is 11.3 Å². The van der Waals surface area contributed by atoms with Crippen molar-refractivity contribution in [2.75, 3.05) is 12.4 Å². The molecule has 0 radical (unpaired) electrons. The first-order valence-electron chi connectivity index (χ1n) is 5.56. The number of esters is 1. The summed E-state index contributed by atoms with van der Waals surface area (Å²) in [6.45, 7) is 0.491. The van der Waals surface area contributed by atoms with Crippen molar-refractivity contribution in [1.29, 1.82) is 0 Å². The van der Waals surface area contributed by atoms with Crippen molar-refractivity contribution in [3.63, 3.8) is 0 Å². The third kappa shape index (κ3) is 3.42. The Bertz CT molecular complexity index is 575. The zero-order chi connectivity index (χ0) is 13.7. The zero-order valence-electron chi connectivity index (χ0n) is 10.3. The lowest BCUT2D eigenvalue weighted by Crippen LogP contribution is -2.08. The van der Waals surface area contributed by atoms with Gasteiger partial charge in [0.05, 0.1) is 18.4 Å². The lowest BCUT2D eigenvalue weighted by Gasteiger charge is -2.11. The van der Waals surface area contributed by atoms with E-state index in [1.54, 1.807) is 30.6 Å². The molecule has 0 unspecified atom stereocenters. The number of nitrogens with one attached hydrogen (secondary N) is 1. The highest BCUT2D eigenvalue weighted by molar-refractivity contribution is 6.31. The van der Waals surface area contributed by atoms with Crippen LogP contribution in [-0.4, -0.2) is 23.0 Å². The molecule has 1 aromatic heterocycles. The molecule has 1 N–H and O–H groups in total. The third-order valence-corrected chi connectivity index (χ3v) is 2.72. The molecule has 0 aliphatic heterocycles. The minimum Gasteiger partial charge on any atom is -0.465 e. The molecule has 2 aromatic rings. The largest absolute Gasteiger partial charge is 0.465 e. The average molecular weight is 278 g/mol. The highest BCUT2D eigenvalue weighted by Crippen LogP contribution is 2.22. The Labute approximate surface area is 115 Å². The zero-order valence-corrected chi connectivity index (χ0v) is 11.0. The van der Waals surface area contributed by atoms with E-state index in [0.717, 1.165) is 5.56 Å². The number of hydrogen-bond donors (Lipinski definition) is 1. The van der Waals surface area contributed by atoms with Gasteiger partial charge in [-0.05, 0) is 18.2 Å². The van der Waals surface area contributed by atoms with Crippen molar-refractivity contribution in [2.24, 2.45) is 0 Å². The summed E-state index contributed by atoms with van der Waals surface area (Å²) in [7, 11) is 1.34. The van der Waals surface area contributed by atoms with Crippen LogP contribution in [0.15, 0.2) is 36.9 Å². The molecule has 0 amide bonds. The molecule has 19 heavy (non-hydrogen) atoms. The minimum atomic E-state index is -0.413. The van der Waals surface area contributed by atoms with E-state index in [9.17, 15) is 4.79 Å². The van der Waals surface area contributed by atoms with Crippen LogP contribution in [0.1, 0.15) is 15.9 Å². The van der Waals surface area contributed by atoms with Crippen LogP contribution in [0.4, 0.5) is 5.69 Å². The molecule has 0 aliphatic rings. The fourth-order valence-electron chi connectivity index (χ4n) is 1.57. The predicted molar refractivity (Wildman–Crippen MR) is 72.2 cm³/mol. The van der Waals surface area contributed by atoms with E-state index in [1.165, 1.54) is 13.4 Å². The number of carbonyl (C=O) groups is 1. The van der Waals surface area contributed by atoms with E-state index in [-0.39, 0.29) is 0 Å². The van der Waals surface area contributed by atoms with Crippen molar-refractivity contribution in [3.05, 3.63) is 53.1 Å². The van der Waals surface area contributed by atoms with Gasteiger partial charge in [0.1, 0.15) is 6.33 Å². The Morgan fingerprint density at radius 2 is 2.11 bits per heavy atom. The molecule has 1 heterocycles. The van der Waals surface area contributed by atoms with Crippen molar-refractivity contribution in [3.8, 4) is 0 Å². The summed E-state index contributed by atoms with van der Waals surface area (Å²) in [5.74, 6) is -0.413. The molecule has 0 bridgehead atoms. The minimum absolute atomic E-state index is 0.413. The Morgan fingerprint density at radius 1 is 1.37 bits per heavy atom. The summed E-state index contributed by atoms with van der Waals surface area (Å²) in [5.41, 5.74) is 1.95. The highest BCUT2D eigenvalue weighted by Gasteiger charge is 2.12. The number of hydrogen-bond acceptors (Lipinski definition) is 5. The first-order valence-corrected chi connectivity index (χ1v) is 5.94. The van der Waals surface area contributed by atoms with E-state index >= 15 is 0 Å². The van der Waals surface area contributed by atoms with Crippen LogP contribution < -0.4 is 5.32 Å². The number of halogens is 1. The lowest BCUT2D eigenvalue weighted by atomic mass is 10.1. The molecule has 0 aliphatic carbocycles. The summed E-state index contributed by atoms with van der Waals surface area (Å²) >= 11 is 5.93. The quantitative estimate of drug-likeness (QED) is 0.870. The Kier molecular flexibility index (Phi) is 4.30. The van der Waals surface area contributed by atoms with Crippen LogP contribution >= 0.6 is 11.6 Å². The van der Waals surface area contributed by atoms with Crippen LogP contribution in [0.25, 0.3) is 0 Å². The number of benzene rings is 1. The van der Waals surface area contributed by atoms with Gasteiger partial charge < -0.3 is 10.1 Å². The molecule has 0 spiro atoms. The number of anilines is 1. The maximum Gasteiger partial charge on any atom is 0.339 e. The van der Waals surface area contributed by atoms with Gasteiger partial charge >= 0.3 is 5.97 Å². The third-order valence-electron chi connectivity index (χ3n) is 2.48. The number of ether oxygens (including phenoxy) is 1. The SMILES string of the molecule is COC(=O)c1ccc(Cl)cc1NCc1cncnc1. The van der Waals surface area contributed by atoms with Gasteiger partial charge in [-0.25, -0.2) is 14.8 Å². The predicted octanol–water partition coefficient (Wildman–Crippen LogP) is 2.53. The van der Waals surface area contributed by atoms with Gasteiger partial charge in [0, 0.05) is 29.5 Å². The van der Waals surface area contributed by atoms with Gasteiger partial charge in [-0.1, -0.05) is 11.6 Å². The standard InChI is InChI=1S/C13H12ClN3O2/c1-19-13(18)11-3-2-10(14)4-12(11)17-7-9-5-15-8-16-6-9/h2-6,8,17H,7H2,1H3. The van der Waals surface area contributed by atoms with Crippen LogP contribution in [0.3, 0.4) is 0 Å². The van der Waals surface area contributed by atoms with E-state index in [4.69, 9.17) is 16.3 Å². The van der Waals surface area contributed by atoms with E-state index < -0.39 is 5.97 Å². The molecule has 0 atom stereocenters. The maximum absolute atomic E-state index is 11.6. The smallest absolute Gasteiger partial charge is 0.339 e. The second-order valence-corrected chi connectivity index (χ2v) is 4.22. The second-order valence-electron chi connectivity index (χ2n) is 3.78. The number of methoxy groups -OCH3 is 1. The summed E-state index contributed by atoms with van der Waals surface area (Å²) in [5, 5.41) is 3.66. The van der Waals surface area contributed by atoms with Crippen molar-refractivity contribution >= 4 is 23.3 Å². The molecule has 98 valence electrons. The Hall–Kier alpha value is -2.14. The monoisotopic (exact) mass is 277 g/mol. The fourth-order valence-corrected chi connectivity index (χ4v) is 1.74. The molecule has 0 saturated carbocycles. The average Bonchev–Trinajstić information content (AvgIpc) is 2.45. The number of carbonyl (C=O) groups excluding carboxylic acids is 1. The topological polar surface area (TPSA) is 64.1 Å². The number of nitrogens with zero attached hydrogens (tertiary/aromatic N) is 2. The van der Waals surface area contributed by atoms with Gasteiger partial charge in [0.25, 0.3) is 0 Å². The lowest BCUT2D eigenvalue weighted by molar-refractivity contribution is 0.0602. The number of aromatic nitrogens is 2. The molecular formula is C13H12ClN3O2. The first-order chi connectivity index (χ1) is 9.20. The molecule has 1 aromatic carbocycles. The van der Waals surface area contributed by atoms with Crippen molar-refractivity contribution in [1.82, 2.24) is 9.97 Å². The van der Waals surface area contributed by atoms with Crippen LogP contribution in [0.2, 0.25) is 5.02 Å². The molecule has 2 rings (SSSR count). The van der Waals surface area contributed by atoms with Crippen LogP contribution in [0.5, 0.6) is 0 Å². The van der Waals surface area contributed by atoms with E-state index in [2.05, 4.69) is 15.3 Å². The first kappa shape index (κ1) is 13.3. The van der Waals surface area contributed by atoms with Crippen molar-refractivity contribution < 1.29 is 9.53 Å². The second kappa shape index (κ2) is 6.15. The van der Waals surface area contributed by atoms with E-state index in [0.29, 0.717) is 22.8 Å². The fraction of sp³-hybridized carbons (Fsp3) is 0.154. The summed E-state index contributed by atoms with van der Waals surface area (Å²) < 4.78 is 4.72. The molecule has 0 fully saturated rings. The molecular weight excluding hydrogens is 266 g/mol. The molecule has 5 nitrogen and oxygen atoms in total. The van der Waals surface area contributed by atoms with Gasteiger partial charge in [-0.2, -0.15) is 0 Å². The van der Waals surface area contributed by atoms with Gasteiger partial charge in [0.2, 0.25) is 0 Å². The summed E-state index contributed by atoms with van der Waals surface area (Å²) in [6, 6.07) is 4.94. The van der Waals surface area contributed by atoms with Gasteiger partial charge in [-0.3, -0.25) is 0 Å². The molecule has 6 heteroatoms. The highest BCUT2D eigenvalue weighted by atomic mass is 35.5. The maximum atomic E-state index is 11.6. The van der Waals surface area contributed by atoms with Crippen LogP contribution in [0, 0.1) is 0 Å². The summed E-state index contributed by atoms with van der Waals surface area (Å²) in [4.78, 5) is 19.5. The van der Waals surface area contributed by atoms with Crippen molar-refractivity contribution in [2.45, 2.75) is 6.54 Å². The Balaban J connectivity index is 2.19. The van der Waals surface area contributed by atoms with E-state index in [1.807, 2.05) is 0 Å². The summed E-state index contributed by atoms with van der Waals surface area (Å²) in [6.07, 6.45) is 4.85. The Morgan fingerprint density at radius 3 is 2.79 bits per heavy atom. The van der Waals surface area contributed by atoms with Gasteiger partial charge in [0.15, 0.2) is 0 Å². The van der Waals surface area contributed by atoms with Gasteiger partial charge in [-0.15, -0.1) is 0 Å². The molecule has 0 saturated heterocycles. The number of rotatable bonds is 4.